The Morgan fingerprint density at radius 2 is 1.60 bits per heavy atom. The lowest BCUT2D eigenvalue weighted by atomic mass is 9.82. The van der Waals surface area contributed by atoms with Crippen molar-refractivity contribution in [1.82, 2.24) is 4.90 Å². The number of benzene rings is 3. The van der Waals surface area contributed by atoms with Gasteiger partial charge in [0.25, 0.3) is 0 Å². The van der Waals surface area contributed by atoms with Crippen LogP contribution in [0.4, 0.5) is 5.69 Å². The molecule has 3 atom stereocenters. The van der Waals surface area contributed by atoms with Crippen LogP contribution in [0.1, 0.15) is 48.1 Å². The first-order chi connectivity index (χ1) is 20.9. The maximum atomic E-state index is 13.6. The maximum absolute atomic E-state index is 13.6. The van der Waals surface area contributed by atoms with Gasteiger partial charge in [0.1, 0.15) is 25.6 Å². The molecule has 2 aliphatic rings. The summed E-state index contributed by atoms with van der Waals surface area (Å²) in [4.78, 5) is 28.6. The van der Waals surface area contributed by atoms with Gasteiger partial charge in [-0.2, -0.15) is 0 Å². The number of likely N-dealkylation sites (tertiary alicyclic amines) is 1. The highest BCUT2D eigenvalue weighted by atomic mass is 16.6. The Balaban J connectivity index is 1.46. The number of amides is 1. The summed E-state index contributed by atoms with van der Waals surface area (Å²) in [6.45, 7) is 6.36. The zero-order valence-corrected chi connectivity index (χ0v) is 25.0. The number of nitrogens with one attached hydrogen (secondary N) is 1. The number of anilines is 1. The lowest BCUT2D eigenvalue weighted by Gasteiger charge is -2.27. The molecule has 1 fully saturated rings. The molecule has 1 unspecified atom stereocenters. The minimum atomic E-state index is -0.919. The molecular formula is C34H40N2O7. The Morgan fingerprint density at radius 1 is 0.930 bits per heavy atom. The highest BCUT2D eigenvalue weighted by Gasteiger charge is 2.48. The van der Waals surface area contributed by atoms with E-state index in [0.717, 1.165) is 40.8 Å². The number of carbonyl (C=O) groups is 2. The summed E-state index contributed by atoms with van der Waals surface area (Å²) < 4.78 is 22.3. The predicted octanol–water partition coefficient (Wildman–Crippen LogP) is 5.09. The molecule has 1 amide bonds. The van der Waals surface area contributed by atoms with E-state index in [4.69, 9.17) is 18.9 Å². The van der Waals surface area contributed by atoms with Crippen molar-refractivity contribution < 1.29 is 33.6 Å². The predicted molar refractivity (Wildman–Crippen MR) is 163 cm³/mol. The van der Waals surface area contributed by atoms with Gasteiger partial charge in [0.2, 0.25) is 5.91 Å². The fraction of sp³-hybridized carbons (Fsp3) is 0.412. The average Bonchev–Trinajstić information content (AvgIpc) is 3.40. The first-order valence-corrected chi connectivity index (χ1v) is 14.9. The number of aryl methyl sites for hydroxylation is 2. The molecule has 3 aromatic carbocycles. The van der Waals surface area contributed by atoms with E-state index < -0.39 is 17.9 Å². The van der Waals surface area contributed by atoms with Gasteiger partial charge in [-0.25, -0.2) is 0 Å². The first kappa shape index (κ1) is 30.4. The SMILES string of the molecule is CCc1cccc(CC)c1NC(=O)CN1C[C@H](c2ccc3c(c2)OCCO3)C(C(=O)O)[C@@H]1c1ccc(OCCOC)cc1. The van der Waals surface area contributed by atoms with Gasteiger partial charge in [-0.15, -0.1) is 0 Å². The van der Waals surface area contributed by atoms with Crippen LogP contribution in [0.2, 0.25) is 0 Å². The molecule has 5 rings (SSSR count). The van der Waals surface area contributed by atoms with Gasteiger partial charge < -0.3 is 29.4 Å². The van der Waals surface area contributed by atoms with Gasteiger partial charge in [0.15, 0.2) is 11.5 Å². The minimum Gasteiger partial charge on any atom is -0.491 e. The van der Waals surface area contributed by atoms with Crippen LogP contribution in [0, 0.1) is 5.92 Å². The Kier molecular flexibility index (Phi) is 9.84. The van der Waals surface area contributed by atoms with Crippen molar-refractivity contribution in [1.29, 1.82) is 0 Å². The molecule has 2 heterocycles. The second-order valence-corrected chi connectivity index (χ2v) is 10.9. The average molecular weight is 589 g/mol. The zero-order chi connectivity index (χ0) is 30.3. The number of ether oxygens (including phenoxy) is 4. The Labute approximate surface area is 252 Å². The van der Waals surface area contributed by atoms with Crippen LogP contribution < -0.4 is 19.5 Å². The zero-order valence-electron chi connectivity index (χ0n) is 25.0. The lowest BCUT2D eigenvalue weighted by Crippen LogP contribution is -2.35. The molecule has 1 saturated heterocycles. The van der Waals surface area contributed by atoms with Crippen molar-refractivity contribution in [2.24, 2.45) is 5.92 Å². The molecule has 2 aliphatic heterocycles. The fourth-order valence-corrected chi connectivity index (χ4v) is 6.19. The number of hydrogen-bond acceptors (Lipinski definition) is 7. The largest absolute Gasteiger partial charge is 0.491 e. The van der Waals surface area contributed by atoms with E-state index in [1.807, 2.05) is 65.6 Å². The van der Waals surface area contributed by atoms with Gasteiger partial charge in [-0.3, -0.25) is 14.5 Å². The Morgan fingerprint density at radius 3 is 2.26 bits per heavy atom. The van der Waals surface area contributed by atoms with Gasteiger partial charge in [-0.1, -0.05) is 50.2 Å². The highest BCUT2D eigenvalue weighted by molar-refractivity contribution is 5.94. The molecule has 3 aromatic rings. The molecule has 9 nitrogen and oxygen atoms in total. The van der Waals surface area contributed by atoms with Crippen molar-refractivity contribution in [3.05, 3.63) is 82.9 Å². The van der Waals surface area contributed by atoms with E-state index in [9.17, 15) is 14.7 Å². The number of nitrogens with zero attached hydrogens (tertiary/aromatic N) is 1. The topological polar surface area (TPSA) is 107 Å². The van der Waals surface area contributed by atoms with Gasteiger partial charge >= 0.3 is 5.97 Å². The number of fused-ring (bicyclic) bond motifs is 1. The Bertz CT molecular complexity index is 1400. The molecule has 0 aliphatic carbocycles. The number of carboxylic acid groups (broad SMARTS) is 1. The summed E-state index contributed by atoms with van der Waals surface area (Å²) in [5, 5.41) is 13.8. The smallest absolute Gasteiger partial charge is 0.309 e. The van der Waals surface area contributed by atoms with Crippen LogP contribution in [0.25, 0.3) is 0 Å². The fourth-order valence-electron chi connectivity index (χ4n) is 6.19. The minimum absolute atomic E-state index is 0.0444. The second-order valence-electron chi connectivity index (χ2n) is 10.9. The number of aliphatic carboxylic acids is 1. The number of carboxylic acids is 1. The summed E-state index contributed by atoms with van der Waals surface area (Å²) in [5.41, 5.74) is 4.65. The van der Waals surface area contributed by atoms with E-state index in [1.54, 1.807) is 7.11 Å². The standard InChI is InChI=1S/C34H40N2O7/c1-4-22-7-6-8-23(5-2)32(22)35-30(37)21-36-20-27(25-11-14-28-29(19-25)43-18-17-42-28)31(34(38)39)33(36)24-9-12-26(13-10-24)41-16-15-40-3/h6-14,19,27,31,33H,4-5,15-18,20-21H2,1-3H3,(H,35,37)(H,38,39)/t27-,31?,33+/m1/s1. The van der Waals surface area contributed by atoms with Crippen molar-refractivity contribution in [3.63, 3.8) is 0 Å². The summed E-state index contributed by atoms with van der Waals surface area (Å²) in [5.74, 6) is -0.339. The molecule has 0 saturated carbocycles. The third-order valence-electron chi connectivity index (χ3n) is 8.27. The molecular weight excluding hydrogens is 548 g/mol. The van der Waals surface area contributed by atoms with E-state index in [-0.39, 0.29) is 18.4 Å². The van der Waals surface area contributed by atoms with E-state index in [2.05, 4.69) is 19.2 Å². The number of hydrogen-bond donors (Lipinski definition) is 2. The second kappa shape index (κ2) is 13.9. The number of rotatable bonds is 12. The maximum Gasteiger partial charge on any atom is 0.309 e. The molecule has 0 spiro atoms. The van der Waals surface area contributed by atoms with Crippen LogP contribution in [0.5, 0.6) is 17.2 Å². The van der Waals surface area contributed by atoms with Crippen molar-refractivity contribution in [3.8, 4) is 17.2 Å². The van der Waals surface area contributed by atoms with Crippen molar-refractivity contribution >= 4 is 17.6 Å². The van der Waals surface area contributed by atoms with Gasteiger partial charge in [0, 0.05) is 31.3 Å². The molecule has 9 heteroatoms. The van der Waals surface area contributed by atoms with Crippen LogP contribution in [0.15, 0.2) is 60.7 Å². The van der Waals surface area contributed by atoms with E-state index in [1.165, 1.54) is 0 Å². The van der Waals surface area contributed by atoms with Crippen LogP contribution in [-0.4, -0.2) is 68.5 Å². The Hall–Kier alpha value is -4.08. The van der Waals surface area contributed by atoms with E-state index >= 15 is 0 Å². The van der Waals surface area contributed by atoms with Crippen LogP contribution in [0.3, 0.4) is 0 Å². The third kappa shape index (κ3) is 6.78. The van der Waals surface area contributed by atoms with Gasteiger partial charge in [-0.05, 0) is 59.4 Å². The first-order valence-electron chi connectivity index (χ1n) is 14.9. The number of para-hydroxylation sites is 1. The monoisotopic (exact) mass is 588 g/mol. The summed E-state index contributed by atoms with van der Waals surface area (Å²) in [6, 6.07) is 18.6. The molecule has 0 radical (unpaired) electrons. The quantitative estimate of drug-likeness (QED) is 0.282. The normalized spacial score (nSPS) is 19.7. The lowest BCUT2D eigenvalue weighted by molar-refractivity contribution is -0.143. The number of carbonyl (C=O) groups excluding carboxylic acids is 1. The van der Waals surface area contributed by atoms with E-state index in [0.29, 0.717) is 50.2 Å². The van der Waals surface area contributed by atoms with Gasteiger partial charge in [0.05, 0.1) is 19.1 Å². The molecule has 43 heavy (non-hydrogen) atoms. The third-order valence-corrected chi connectivity index (χ3v) is 8.27. The van der Waals surface area contributed by atoms with Crippen molar-refractivity contribution in [2.45, 2.75) is 38.6 Å². The van der Waals surface area contributed by atoms with Crippen LogP contribution in [-0.2, 0) is 27.2 Å². The highest BCUT2D eigenvalue weighted by Crippen LogP contribution is 2.47. The van der Waals surface area contributed by atoms with Crippen LogP contribution >= 0.6 is 0 Å². The summed E-state index contributed by atoms with van der Waals surface area (Å²) in [6.07, 6.45) is 1.59. The molecule has 0 aromatic heterocycles. The van der Waals surface area contributed by atoms with Crippen molar-refractivity contribution in [2.75, 3.05) is 51.9 Å². The summed E-state index contributed by atoms with van der Waals surface area (Å²) in [7, 11) is 1.62. The summed E-state index contributed by atoms with van der Waals surface area (Å²) >= 11 is 0. The molecule has 2 N–H and O–H groups in total. The molecule has 0 bridgehead atoms. The molecule has 228 valence electrons. The number of methoxy groups -OCH3 is 1.